The second-order valence-electron chi connectivity index (χ2n) is 6.78. The Morgan fingerprint density at radius 2 is 1.87 bits per heavy atom. The lowest BCUT2D eigenvalue weighted by atomic mass is 10.2. The normalized spacial score (nSPS) is 12.3. The van der Waals surface area contributed by atoms with E-state index in [1.165, 1.54) is 0 Å². The number of hydrogen-bond donors (Lipinski definition) is 0. The van der Waals surface area contributed by atoms with Crippen molar-refractivity contribution in [2.45, 2.75) is 56.4 Å². The molecule has 0 atom stereocenters. The molecule has 2 heterocycles. The Bertz CT molecular complexity index is 1040. The first kappa shape index (κ1) is 23.8. The van der Waals surface area contributed by atoms with Crippen LogP contribution < -0.4 is 0 Å². The Kier molecular flexibility index (Phi) is 7.85. The molecule has 0 aliphatic rings. The molecule has 10 heteroatoms. The van der Waals surface area contributed by atoms with Gasteiger partial charge in [-0.25, -0.2) is 9.97 Å². The van der Waals surface area contributed by atoms with Crippen LogP contribution in [0.4, 0.5) is 13.2 Å². The fourth-order valence-corrected chi connectivity index (χ4v) is 4.24. The van der Waals surface area contributed by atoms with Crippen LogP contribution in [0.25, 0.3) is 11.0 Å². The number of aryl methyl sites for hydroxylation is 2. The van der Waals surface area contributed by atoms with Gasteiger partial charge in [0, 0.05) is 32.4 Å². The summed E-state index contributed by atoms with van der Waals surface area (Å²) >= 11 is 7.24. The van der Waals surface area contributed by atoms with E-state index < -0.39 is 11.7 Å². The number of pyridine rings is 1. The molecule has 1 aromatic carbocycles. The molecule has 5 nitrogen and oxygen atoms in total. The molecule has 0 spiro atoms. The first-order chi connectivity index (χ1) is 14.7. The van der Waals surface area contributed by atoms with Gasteiger partial charge in [-0.15, -0.1) is 0 Å². The lowest BCUT2D eigenvalue weighted by Gasteiger charge is -2.18. The average molecular weight is 474 g/mol. The number of benzene rings is 1. The van der Waals surface area contributed by atoms with Crippen molar-refractivity contribution < 1.29 is 22.6 Å². The number of fused-ring (bicyclic) bond motifs is 1. The van der Waals surface area contributed by atoms with E-state index in [0.29, 0.717) is 31.3 Å². The summed E-state index contributed by atoms with van der Waals surface area (Å²) in [5, 5.41) is 0.770. The highest BCUT2D eigenvalue weighted by Crippen LogP contribution is 2.37. The molecule has 0 radical (unpaired) electrons. The van der Waals surface area contributed by atoms with Gasteiger partial charge in [0.2, 0.25) is 0 Å². The van der Waals surface area contributed by atoms with Crippen molar-refractivity contribution in [1.29, 1.82) is 0 Å². The fourth-order valence-electron chi connectivity index (χ4n) is 3.07. The van der Waals surface area contributed by atoms with Crippen LogP contribution in [0.2, 0.25) is 5.02 Å². The number of halogens is 4. The van der Waals surface area contributed by atoms with Crippen LogP contribution in [0.15, 0.2) is 40.6 Å². The van der Waals surface area contributed by atoms with Gasteiger partial charge >= 0.3 is 6.18 Å². The van der Waals surface area contributed by atoms with Crippen molar-refractivity contribution in [2.24, 2.45) is 0 Å². The molecule has 0 unspecified atom stereocenters. The van der Waals surface area contributed by atoms with E-state index >= 15 is 0 Å². The number of alkyl halides is 3. The number of imidazole rings is 1. The van der Waals surface area contributed by atoms with E-state index in [-0.39, 0.29) is 16.3 Å². The molecule has 0 N–H and O–H groups in total. The highest BCUT2D eigenvalue weighted by molar-refractivity contribution is 7.99. The Morgan fingerprint density at radius 1 is 1.16 bits per heavy atom. The van der Waals surface area contributed by atoms with Crippen molar-refractivity contribution in [2.75, 3.05) is 13.2 Å². The zero-order chi connectivity index (χ0) is 22.6. The monoisotopic (exact) mass is 473 g/mol. The summed E-state index contributed by atoms with van der Waals surface area (Å²) in [6, 6.07) is 6.80. The molecule has 0 bridgehead atoms. The molecule has 2 aromatic heterocycles. The standard InChI is InChI=1S/C21H23ClF3N3O2S/c1-4-29-18(30-5-2)8-9-28-17-7-6-13(3)10-16(17)27-20(28)31-19-15(22)11-14(12-26-19)21(23,24)25/h6-7,10-12,18H,4-5,8-9H2,1-3H3. The van der Waals surface area contributed by atoms with Gasteiger partial charge in [-0.2, -0.15) is 13.2 Å². The van der Waals surface area contributed by atoms with E-state index in [2.05, 4.69) is 9.97 Å². The molecule has 0 aliphatic heterocycles. The smallest absolute Gasteiger partial charge is 0.353 e. The van der Waals surface area contributed by atoms with Crippen LogP contribution in [-0.2, 0) is 22.2 Å². The molecule has 31 heavy (non-hydrogen) atoms. The van der Waals surface area contributed by atoms with Crippen molar-refractivity contribution in [3.8, 4) is 0 Å². The predicted octanol–water partition coefficient (Wildman–Crippen LogP) is 6.35. The Hall–Kier alpha value is -1.81. The fraction of sp³-hybridized carbons (Fsp3) is 0.429. The van der Waals surface area contributed by atoms with Crippen molar-refractivity contribution in [3.05, 3.63) is 46.6 Å². The zero-order valence-corrected chi connectivity index (χ0v) is 18.9. The number of rotatable bonds is 9. The average Bonchev–Trinajstić information content (AvgIpc) is 3.03. The third-order valence-corrected chi connectivity index (χ3v) is 5.90. The van der Waals surface area contributed by atoms with Gasteiger partial charge in [-0.1, -0.05) is 17.7 Å². The Labute approximate surface area is 187 Å². The lowest BCUT2D eigenvalue weighted by molar-refractivity contribution is -0.141. The van der Waals surface area contributed by atoms with Crippen LogP contribution in [-0.4, -0.2) is 34.0 Å². The molecule has 0 saturated heterocycles. The number of hydrogen-bond acceptors (Lipinski definition) is 5. The minimum Gasteiger partial charge on any atom is -0.353 e. The minimum absolute atomic E-state index is 0.0730. The van der Waals surface area contributed by atoms with Crippen LogP contribution in [0, 0.1) is 6.92 Å². The number of nitrogens with zero attached hydrogens (tertiary/aromatic N) is 3. The molecule has 3 aromatic rings. The topological polar surface area (TPSA) is 49.2 Å². The van der Waals surface area contributed by atoms with E-state index in [1.54, 1.807) is 0 Å². The summed E-state index contributed by atoms with van der Waals surface area (Å²) in [5.41, 5.74) is 1.86. The highest BCUT2D eigenvalue weighted by Gasteiger charge is 2.31. The van der Waals surface area contributed by atoms with Crippen molar-refractivity contribution in [3.63, 3.8) is 0 Å². The second kappa shape index (κ2) is 10.2. The zero-order valence-electron chi connectivity index (χ0n) is 17.4. The van der Waals surface area contributed by atoms with Gasteiger partial charge in [0.25, 0.3) is 0 Å². The minimum atomic E-state index is -4.50. The summed E-state index contributed by atoms with van der Waals surface area (Å²) in [6.45, 7) is 7.38. The molecular weight excluding hydrogens is 451 g/mol. The third kappa shape index (κ3) is 5.91. The number of ether oxygens (including phenoxy) is 2. The molecule has 3 rings (SSSR count). The van der Waals surface area contributed by atoms with Gasteiger partial charge in [-0.05, 0) is 56.3 Å². The molecule has 0 aliphatic carbocycles. The summed E-state index contributed by atoms with van der Waals surface area (Å²) in [6.07, 6.45) is -3.49. The Morgan fingerprint density at radius 3 is 2.48 bits per heavy atom. The van der Waals surface area contributed by atoms with Crippen molar-refractivity contribution >= 4 is 34.4 Å². The quantitative estimate of drug-likeness (QED) is 0.339. The third-order valence-electron chi connectivity index (χ3n) is 4.48. The summed E-state index contributed by atoms with van der Waals surface area (Å²) < 4.78 is 52.0. The van der Waals surface area contributed by atoms with Crippen molar-refractivity contribution in [1.82, 2.24) is 14.5 Å². The maximum Gasteiger partial charge on any atom is 0.417 e. The van der Waals surface area contributed by atoms with E-state index in [4.69, 9.17) is 21.1 Å². The van der Waals surface area contributed by atoms with Crippen LogP contribution in [0.5, 0.6) is 0 Å². The molecule has 0 amide bonds. The molecular formula is C21H23ClF3N3O2S. The maximum atomic E-state index is 12.9. The van der Waals surface area contributed by atoms with Gasteiger partial charge in [0.1, 0.15) is 5.03 Å². The lowest BCUT2D eigenvalue weighted by Crippen LogP contribution is -2.19. The van der Waals surface area contributed by atoms with Gasteiger partial charge < -0.3 is 14.0 Å². The van der Waals surface area contributed by atoms with Crippen LogP contribution >= 0.6 is 23.4 Å². The largest absolute Gasteiger partial charge is 0.417 e. The van der Waals surface area contributed by atoms with Crippen LogP contribution in [0.1, 0.15) is 31.4 Å². The number of aromatic nitrogens is 3. The van der Waals surface area contributed by atoms with E-state index in [1.807, 2.05) is 43.5 Å². The van der Waals surface area contributed by atoms with Crippen LogP contribution in [0.3, 0.4) is 0 Å². The SMILES string of the molecule is CCOC(CCn1c(Sc2ncc(C(F)(F)F)cc2Cl)nc2cc(C)ccc21)OCC. The first-order valence-electron chi connectivity index (χ1n) is 9.83. The Balaban J connectivity index is 1.93. The molecule has 0 fully saturated rings. The molecule has 168 valence electrons. The highest BCUT2D eigenvalue weighted by atomic mass is 35.5. The summed E-state index contributed by atoms with van der Waals surface area (Å²) in [5.74, 6) is 0. The maximum absolute atomic E-state index is 12.9. The van der Waals surface area contributed by atoms with Gasteiger partial charge in [0.05, 0.1) is 21.6 Å². The predicted molar refractivity (Wildman–Crippen MR) is 114 cm³/mol. The first-order valence-corrected chi connectivity index (χ1v) is 11.0. The second-order valence-corrected chi connectivity index (χ2v) is 8.14. The van der Waals surface area contributed by atoms with E-state index in [0.717, 1.165) is 40.6 Å². The molecule has 0 saturated carbocycles. The van der Waals surface area contributed by atoms with Gasteiger partial charge in [0.15, 0.2) is 11.4 Å². The summed E-state index contributed by atoms with van der Waals surface area (Å²) in [7, 11) is 0. The van der Waals surface area contributed by atoms with Gasteiger partial charge in [-0.3, -0.25) is 0 Å². The summed E-state index contributed by atoms with van der Waals surface area (Å²) in [4.78, 5) is 8.61. The van der Waals surface area contributed by atoms with E-state index in [9.17, 15) is 13.2 Å².